The van der Waals surface area contributed by atoms with Crippen LogP contribution < -0.4 is 5.73 Å². The SMILES string of the molecule is CCC(N)C1O[C@H](CO)[C@@H](O)[C@H](O)[C@H]1S. The van der Waals surface area contributed by atoms with Crippen molar-refractivity contribution in [2.45, 2.75) is 49.1 Å². The summed E-state index contributed by atoms with van der Waals surface area (Å²) in [7, 11) is 0. The molecule has 1 rings (SSSR count). The minimum atomic E-state index is -1.11. The van der Waals surface area contributed by atoms with E-state index in [2.05, 4.69) is 12.6 Å². The maximum Gasteiger partial charge on any atom is 0.109 e. The summed E-state index contributed by atoms with van der Waals surface area (Å²) < 4.78 is 5.42. The highest BCUT2D eigenvalue weighted by molar-refractivity contribution is 7.81. The molecule has 0 bridgehead atoms. The van der Waals surface area contributed by atoms with Crippen LogP contribution in [0.3, 0.4) is 0 Å². The van der Waals surface area contributed by atoms with Crippen molar-refractivity contribution in [3.05, 3.63) is 0 Å². The zero-order chi connectivity index (χ0) is 11.6. The van der Waals surface area contributed by atoms with Gasteiger partial charge < -0.3 is 25.8 Å². The van der Waals surface area contributed by atoms with Gasteiger partial charge in [0.1, 0.15) is 12.2 Å². The molecule has 0 spiro atoms. The largest absolute Gasteiger partial charge is 0.394 e. The first-order valence-electron chi connectivity index (χ1n) is 5.09. The van der Waals surface area contributed by atoms with Gasteiger partial charge in [0, 0.05) is 6.04 Å². The second-order valence-electron chi connectivity index (χ2n) is 3.87. The fourth-order valence-electron chi connectivity index (χ4n) is 1.72. The summed E-state index contributed by atoms with van der Waals surface area (Å²) in [6.07, 6.45) is -2.69. The van der Waals surface area contributed by atoms with E-state index in [0.717, 1.165) is 0 Å². The van der Waals surface area contributed by atoms with Gasteiger partial charge in [-0.2, -0.15) is 12.6 Å². The van der Waals surface area contributed by atoms with Crippen LogP contribution in [0.1, 0.15) is 13.3 Å². The Morgan fingerprint density at radius 3 is 2.47 bits per heavy atom. The van der Waals surface area contributed by atoms with Crippen molar-refractivity contribution >= 4 is 12.6 Å². The standard InChI is InChI=1S/C9H19NO4S/c1-2-4(10)8-9(15)7(13)6(12)5(3-11)14-8/h4-9,11-13,15H,2-3,10H2,1H3/t4?,5-,6-,7+,8?,9-/m1/s1. The first kappa shape index (κ1) is 13.2. The van der Waals surface area contributed by atoms with Crippen LogP contribution in [0.15, 0.2) is 0 Å². The second-order valence-corrected chi connectivity index (χ2v) is 4.46. The number of hydrogen-bond acceptors (Lipinski definition) is 6. The highest BCUT2D eigenvalue weighted by Gasteiger charge is 2.44. The highest BCUT2D eigenvalue weighted by atomic mass is 32.1. The molecule has 1 aliphatic rings. The molecule has 5 nitrogen and oxygen atoms in total. The number of nitrogens with two attached hydrogens (primary N) is 1. The Balaban J connectivity index is 2.74. The summed E-state index contributed by atoms with van der Waals surface area (Å²) in [5.74, 6) is 0. The quantitative estimate of drug-likeness (QED) is 0.385. The molecule has 1 heterocycles. The molecule has 0 aromatic rings. The van der Waals surface area contributed by atoms with E-state index in [4.69, 9.17) is 15.6 Å². The molecule has 1 saturated heterocycles. The lowest BCUT2D eigenvalue weighted by Gasteiger charge is -2.42. The van der Waals surface area contributed by atoms with Crippen molar-refractivity contribution in [3.63, 3.8) is 0 Å². The summed E-state index contributed by atoms with van der Waals surface area (Å²) in [5, 5.41) is 27.7. The molecule has 0 aliphatic carbocycles. The van der Waals surface area contributed by atoms with E-state index in [1.54, 1.807) is 0 Å². The van der Waals surface area contributed by atoms with Crippen LogP contribution in [0, 0.1) is 0 Å². The molecule has 6 atom stereocenters. The third-order valence-corrected chi connectivity index (χ3v) is 3.42. The second kappa shape index (κ2) is 5.47. The van der Waals surface area contributed by atoms with Crippen LogP contribution in [0.4, 0.5) is 0 Å². The summed E-state index contributed by atoms with van der Waals surface area (Å²) >= 11 is 4.19. The number of hydrogen-bond donors (Lipinski definition) is 5. The summed E-state index contributed by atoms with van der Waals surface area (Å²) in [6, 6.07) is -0.260. The zero-order valence-corrected chi connectivity index (χ0v) is 9.55. The van der Waals surface area contributed by atoms with Gasteiger partial charge in [0.25, 0.3) is 0 Å². The summed E-state index contributed by atoms with van der Waals surface area (Å²) in [6.45, 7) is 1.56. The van der Waals surface area contributed by atoms with E-state index >= 15 is 0 Å². The summed E-state index contributed by atoms with van der Waals surface area (Å²) in [4.78, 5) is 0. The average molecular weight is 237 g/mol. The third-order valence-electron chi connectivity index (χ3n) is 2.82. The van der Waals surface area contributed by atoms with Gasteiger partial charge in [0.05, 0.1) is 24.1 Å². The molecule has 0 aromatic carbocycles. The minimum absolute atomic E-state index is 0.260. The third kappa shape index (κ3) is 2.64. The molecule has 0 amide bonds. The highest BCUT2D eigenvalue weighted by Crippen LogP contribution is 2.26. The van der Waals surface area contributed by atoms with Crippen LogP contribution in [0.2, 0.25) is 0 Å². The molecule has 5 N–H and O–H groups in total. The molecular weight excluding hydrogens is 218 g/mol. The van der Waals surface area contributed by atoms with E-state index in [1.165, 1.54) is 0 Å². The molecular formula is C9H19NO4S. The molecule has 6 heteroatoms. The lowest BCUT2D eigenvalue weighted by molar-refractivity contribution is -0.179. The van der Waals surface area contributed by atoms with Crippen LogP contribution in [0.25, 0.3) is 0 Å². The Kier molecular flexibility index (Phi) is 4.82. The van der Waals surface area contributed by atoms with E-state index in [1.807, 2.05) is 6.92 Å². The first-order chi connectivity index (χ1) is 7.02. The monoisotopic (exact) mass is 237 g/mol. The van der Waals surface area contributed by atoms with E-state index in [9.17, 15) is 10.2 Å². The fraction of sp³-hybridized carbons (Fsp3) is 1.00. The fourth-order valence-corrected chi connectivity index (χ4v) is 2.18. The van der Waals surface area contributed by atoms with Crippen LogP contribution in [0.5, 0.6) is 0 Å². The van der Waals surface area contributed by atoms with Crippen molar-refractivity contribution in [3.8, 4) is 0 Å². The first-order valence-corrected chi connectivity index (χ1v) is 5.60. The van der Waals surface area contributed by atoms with Gasteiger partial charge in [-0.15, -0.1) is 0 Å². The number of rotatable bonds is 3. The van der Waals surface area contributed by atoms with Gasteiger partial charge in [-0.25, -0.2) is 0 Å². The smallest absolute Gasteiger partial charge is 0.109 e. The maximum atomic E-state index is 9.69. The predicted molar refractivity (Wildman–Crippen MR) is 58.8 cm³/mol. The lowest BCUT2D eigenvalue weighted by Crippen LogP contribution is -2.61. The molecule has 0 aromatic heterocycles. The van der Waals surface area contributed by atoms with Crippen molar-refractivity contribution in [2.24, 2.45) is 5.73 Å². The molecule has 1 aliphatic heterocycles. The topological polar surface area (TPSA) is 95.9 Å². The van der Waals surface area contributed by atoms with Crippen molar-refractivity contribution in [1.29, 1.82) is 0 Å². The Bertz CT molecular complexity index is 205. The lowest BCUT2D eigenvalue weighted by atomic mass is 9.93. The number of aliphatic hydroxyl groups is 3. The predicted octanol–water partition coefficient (Wildman–Crippen LogP) is -1.50. The Labute approximate surface area is 94.6 Å². The minimum Gasteiger partial charge on any atom is -0.394 e. The van der Waals surface area contributed by atoms with Gasteiger partial charge in [-0.3, -0.25) is 0 Å². The van der Waals surface area contributed by atoms with Crippen LogP contribution in [-0.2, 0) is 4.74 Å². The number of aliphatic hydroxyl groups excluding tert-OH is 3. The van der Waals surface area contributed by atoms with Crippen molar-refractivity contribution in [2.75, 3.05) is 6.61 Å². The van der Waals surface area contributed by atoms with E-state index in [0.29, 0.717) is 6.42 Å². The molecule has 90 valence electrons. The van der Waals surface area contributed by atoms with Crippen molar-refractivity contribution in [1.82, 2.24) is 0 Å². The number of thiol groups is 1. The van der Waals surface area contributed by atoms with Gasteiger partial charge in [0.2, 0.25) is 0 Å². The van der Waals surface area contributed by atoms with Gasteiger partial charge in [0.15, 0.2) is 0 Å². The normalized spacial score (nSPS) is 44.0. The van der Waals surface area contributed by atoms with Crippen LogP contribution >= 0.6 is 12.6 Å². The van der Waals surface area contributed by atoms with Crippen molar-refractivity contribution < 1.29 is 20.1 Å². The molecule has 0 radical (unpaired) electrons. The number of ether oxygens (including phenoxy) is 1. The molecule has 15 heavy (non-hydrogen) atoms. The average Bonchev–Trinajstić information content (AvgIpc) is 2.25. The van der Waals surface area contributed by atoms with Gasteiger partial charge in [-0.05, 0) is 6.42 Å². The Hall–Kier alpha value is 0.150. The van der Waals surface area contributed by atoms with E-state index in [-0.39, 0.29) is 12.6 Å². The molecule has 1 fully saturated rings. The van der Waals surface area contributed by atoms with E-state index < -0.39 is 29.7 Å². The summed E-state index contributed by atoms with van der Waals surface area (Å²) in [5.41, 5.74) is 5.81. The van der Waals surface area contributed by atoms with Gasteiger partial charge in [-0.1, -0.05) is 6.92 Å². The van der Waals surface area contributed by atoms with Gasteiger partial charge >= 0.3 is 0 Å². The maximum absolute atomic E-state index is 9.69. The Morgan fingerprint density at radius 2 is 2.00 bits per heavy atom. The molecule has 2 unspecified atom stereocenters. The molecule has 0 saturated carbocycles. The zero-order valence-electron chi connectivity index (χ0n) is 8.65. The van der Waals surface area contributed by atoms with Crippen LogP contribution in [-0.4, -0.2) is 57.6 Å². The Morgan fingerprint density at radius 1 is 1.40 bits per heavy atom.